The Morgan fingerprint density at radius 2 is 2.13 bits per heavy atom. The highest BCUT2D eigenvalue weighted by Crippen LogP contribution is 2.46. The minimum absolute atomic E-state index is 0.234. The molecule has 0 radical (unpaired) electrons. The molecule has 0 unspecified atom stereocenters. The Morgan fingerprint density at radius 1 is 1.47 bits per heavy atom. The highest BCUT2D eigenvalue weighted by atomic mass is 79.9. The summed E-state index contributed by atoms with van der Waals surface area (Å²) in [6, 6.07) is 3.56. The smallest absolute Gasteiger partial charge is 0.135 e. The monoisotopic (exact) mass is 271 g/mol. The second-order valence-corrected chi connectivity index (χ2v) is 4.87. The normalized spacial score (nSPS) is 18.3. The third-order valence-corrected chi connectivity index (χ3v) is 3.66. The zero-order chi connectivity index (χ0) is 11.1. The van der Waals surface area contributed by atoms with Crippen LogP contribution in [0, 0.1) is 0 Å². The van der Waals surface area contributed by atoms with Gasteiger partial charge in [-0.15, -0.1) is 0 Å². The van der Waals surface area contributed by atoms with Crippen molar-refractivity contribution in [3.8, 4) is 11.5 Å². The van der Waals surface area contributed by atoms with Crippen LogP contribution in [0.15, 0.2) is 16.6 Å². The Morgan fingerprint density at radius 3 is 2.60 bits per heavy atom. The van der Waals surface area contributed by atoms with E-state index >= 15 is 0 Å². The van der Waals surface area contributed by atoms with Crippen LogP contribution < -0.4 is 10.5 Å². The molecular formula is C11H14BrNO2. The minimum Gasteiger partial charge on any atom is -0.506 e. The van der Waals surface area contributed by atoms with Crippen molar-refractivity contribution >= 4 is 15.9 Å². The van der Waals surface area contributed by atoms with Gasteiger partial charge in [-0.25, -0.2) is 0 Å². The largest absolute Gasteiger partial charge is 0.506 e. The van der Waals surface area contributed by atoms with Crippen molar-refractivity contribution in [2.24, 2.45) is 5.73 Å². The molecule has 1 aromatic rings. The lowest BCUT2D eigenvalue weighted by atomic mass is 9.72. The van der Waals surface area contributed by atoms with Gasteiger partial charge in [0, 0.05) is 11.1 Å². The first kappa shape index (κ1) is 10.8. The van der Waals surface area contributed by atoms with Crippen molar-refractivity contribution in [2.75, 3.05) is 7.11 Å². The maximum atomic E-state index is 9.94. The Balaban J connectivity index is 2.49. The van der Waals surface area contributed by atoms with Gasteiger partial charge in [0.15, 0.2) is 0 Å². The number of nitrogens with two attached hydrogens (primary N) is 1. The molecule has 0 atom stereocenters. The average Bonchev–Trinajstić information content (AvgIpc) is 2.18. The number of phenols is 1. The minimum atomic E-state index is -0.374. The predicted octanol–water partition coefficient (Wildman–Crippen LogP) is 2.50. The van der Waals surface area contributed by atoms with Crippen molar-refractivity contribution in [3.05, 3.63) is 22.2 Å². The summed E-state index contributed by atoms with van der Waals surface area (Å²) in [5.41, 5.74) is 6.58. The highest BCUT2D eigenvalue weighted by molar-refractivity contribution is 9.10. The van der Waals surface area contributed by atoms with Crippen LogP contribution in [-0.2, 0) is 5.54 Å². The summed E-state index contributed by atoms with van der Waals surface area (Å²) >= 11 is 3.30. The Labute approximate surface area is 97.4 Å². The molecule has 3 nitrogen and oxygen atoms in total. The van der Waals surface area contributed by atoms with E-state index in [0.717, 1.165) is 24.8 Å². The number of rotatable bonds is 2. The molecule has 0 aromatic heterocycles. The van der Waals surface area contributed by atoms with Crippen LogP contribution in [0.25, 0.3) is 0 Å². The van der Waals surface area contributed by atoms with Crippen molar-refractivity contribution in [1.29, 1.82) is 0 Å². The molecule has 1 fully saturated rings. The van der Waals surface area contributed by atoms with Crippen molar-refractivity contribution in [3.63, 3.8) is 0 Å². The average molecular weight is 272 g/mol. The molecule has 3 N–H and O–H groups in total. The molecule has 2 rings (SSSR count). The van der Waals surface area contributed by atoms with Gasteiger partial charge in [-0.2, -0.15) is 0 Å². The van der Waals surface area contributed by atoms with E-state index in [9.17, 15) is 5.11 Å². The molecular weight excluding hydrogens is 258 g/mol. The van der Waals surface area contributed by atoms with E-state index in [0.29, 0.717) is 10.2 Å². The molecule has 0 spiro atoms. The fourth-order valence-electron chi connectivity index (χ4n) is 1.90. The first-order chi connectivity index (χ1) is 7.07. The molecule has 1 aliphatic carbocycles. The number of ether oxygens (including phenoxy) is 1. The topological polar surface area (TPSA) is 55.5 Å². The van der Waals surface area contributed by atoms with Crippen LogP contribution in [0.5, 0.6) is 11.5 Å². The van der Waals surface area contributed by atoms with Crippen molar-refractivity contribution < 1.29 is 9.84 Å². The SMILES string of the molecule is COc1cc(Br)c(O)c(C2(N)CCC2)c1. The molecule has 82 valence electrons. The Hall–Kier alpha value is -0.740. The van der Waals surface area contributed by atoms with Crippen LogP contribution in [0.4, 0.5) is 0 Å². The van der Waals surface area contributed by atoms with Gasteiger partial charge in [-0.1, -0.05) is 0 Å². The zero-order valence-corrected chi connectivity index (χ0v) is 10.2. The van der Waals surface area contributed by atoms with Gasteiger partial charge < -0.3 is 15.6 Å². The number of halogens is 1. The van der Waals surface area contributed by atoms with E-state index < -0.39 is 0 Å². The number of aromatic hydroxyl groups is 1. The van der Waals surface area contributed by atoms with Crippen LogP contribution in [0.2, 0.25) is 0 Å². The molecule has 15 heavy (non-hydrogen) atoms. The molecule has 4 heteroatoms. The lowest BCUT2D eigenvalue weighted by Crippen LogP contribution is -2.43. The van der Waals surface area contributed by atoms with Gasteiger partial charge in [-0.05, 0) is 47.3 Å². The standard InChI is InChI=1S/C11H14BrNO2/c1-15-7-5-8(10(14)9(12)6-7)11(13)3-2-4-11/h5-6,14H,2-4,13H2,1H3. The maximum absolute atomic E-state index is 9.94. The molecule has 0 aliphatic heterocycles. The predicted molar refractivity (Wildman–Crippen MR) is 62.1 cm³/mol. The lowest BCUT2D eigenvalue weighted by Gasteiger charge is -2.39. The molecule has 1 aromatic carbocycles. The number of methoxy groups -OCH3 is 1. The van der Waals surface area contributed by atoms with E-state index in [4.69, 9.17) is 10.5 Å². The summed E-state index contributed by atoms with van der Waals surface area (Å²) in [4.78, 5) is 0. The van der Waals surface area contributed by atoms with Gasteiger partial charge in [0.2, 0.25) is 0 Å². The van der Waals surface area contributed by atoms with Gasteiger partial charge in [0.05, 0.1) is 11.6 Å². The number of benzene rings is 1. The van der Waals surface area contributed by atoms with Crippen LogP contribution in [0.3, 0.4) is 0 Å². The third kappa shape index (κ3) is 1.72. The molecule has 1 aliphatic rings. The van der Waals surface area contributed by atoms with Gasteiger partial charge in [-0.3, -0.25) is 0 Å². The quantitative estimate of drug-likeness (QED) is 0.869. The third-order valence-electron chi connectivity index (χ3n) is 3.05. The second kappa shape index (κ2) is 3.68. The number of hydrogen-bond acceptors (Lipinski definition) is 3. The van der Waals surface area contributed by atoms with E-state index in [1.165, 1.54) is 0 Å². The van der Waals surface area contributed by atoms with E-state index in [2.05, 4.69) is 15.9 Å². The zero-order valence-electron chi connectivity index (χ0n) is 8.59. The fourth-order valence-corrected chi connectivity index (χ4v) is 2.34. The van der Waals surface area contributed by atoms with E-state index in [-0.39, 0.29) is 11.3 Å². The van der Waals surface area contributed by atoms with Gasteiger partial charge >= 0.3 is 0 Å². The summed E-state index contributed by atoms with van der Waals surface area (Å²) in [6.07, 6.45) is 2.95. The molecule has 0 saturated heterocycles. The van der Waals surface area contributed by atoms with Gasteiger partial charge in [0.25, 0.3) is 0 Å². The van der Waals surface area contributed by atoms with Crippen LogP contribution in [-0.4, -0.2) is 12.2 Å². The van der Waals surface area contributed by atoms with Gasteiger partial charge in [0.1, 0.15) is 11.5 Å². The summed E-state index contributed by atoms with van der Waals surface area (Å²) in [5.74, 6) is 0.949. The first-order valence-corrected chi connectivity index (χ1v) is 5.72. The van der Waals surface area contributed by atoms with Crippen molar-refractivity contribution in [1.82, 2.24) is 0 Å². The summed E-state index contributed by atoms with van der Waals surface area (Å²) < 4.78 is 5.79. The van der Waals surface area contributed by atoms with E-state index in [1.807, 2.05) is 6.07 Å². The van der Waals surface area contributed by atoms with Crippen molar-refractivity contribution in [2.45, 2.75) is 24.8 Å². The van der Waals surface area contributed by atoms with E-state index in [1.54, 1.807) is 13.2 Å². The summed E-state index contributed by atoms with van der Waals surface area (Å²) in [6.45, 7) is 0. The fraction of sp³-hybridized carbons (Fsp3) is 0.455. The summed E-state index contributed by atoms with van der Waals surface area (Å²) in [7, 11) is 1.60. The van der Waals surface area contributed by atoms with Crippen LogP contribution >= 0.6 is 15.9 Å². The molecule has 0 bridgehead atoms. The Bertz CT molecular complexity index is 388. The number of phenolic OH excluding ortho intramolecular Hbond substituents is 1. The number of hydrogen-bond donors (Lipinski definition) is 2. The second-order valence-electron chi connectivity index (χ2n) is 4.02. The Kier molecular flexibility index (Phi) is 2.64. The molecule has 1 saturated carbocycles. The molecule has 0 amide bonds. The lowest BCUT2D eigenvalue weighted by molar-refractivity contribution is 0.244. The van der Waals surface area contributed by atoms with Crippen LogP contribution in [0.1, 0.15) is 24.8 Å². The first-order valence-electron chi connectivity index (χ1n) is 4.93. The highest BCUT2D eigenvalue weighted by Gasteiger charge is 2.37. The maximum Gasteiger partial charge on any atom is 0.135 e. The molecule has 0 heterocycles. The summed E-state index contributed by atoms with van der Waals surface area (Å²) in [5, 5.41) is 9.94.